The van der Waals surface area contributed by atoms with Gasteiger partial charge < -0.3 is 11.1 Å². The maximum absolute atomic E-state index is 5.51. The molecule has 1 unspecified atom stereocenters. The van der Waals surface area contributed by atoms with Crippen molar-refractivity contribution in [2.75, 3.05) is 19.6 Å². The maximum atomic E-state index is 5.51. The Labute approximate surface area is 76.9 Å². The van der Waals surface area contributed by atoms with Crippen molar-refractivity contribution in [3.05, 3.63) is 0 Å². The van der Waals surface area contributed by atoms with Gasteiger partial charge in [0.1, 0.15) is 0 Å². The van der Waals surface area contributed by atoms with Gasteiger partial charge in [-0.15, -0.1) is 0 Å². The van der Waals surface area contributed by atoms with Crippen LogP contribution in [-0.4, -0.2) is 19.6 Å². The molecule has 2 nitrogen and oxygen atoms in total. The van der Waals surface area contributed by atoms with E-state index in [2.05, 4.69) is 19.2 Å². The fourth-order valence-electron chi connectivity index (χ4n) is 1.12. The van der Waals surface area contributed by atoms with E-state index in [-0.39, 0.29) is 0 Å². The summed E-state index contributed by atoms with van der Waals surface area (Å²) in [5.41, 5.74) is 5.51. The molecule has 0 spiro atoms. The van der Waals surface area contributed by atoms with Crippen molar-refractivity contribution < 1.29 is 0 Å². The molecule has 12 heavy (non-hydrogen) atoms. The van der Waals surface area contributed by atoms with Gasteiger partial charge in [0.15, 0.2) is 0 Å². The van der Waals surface area contributed by atoms with Crippen molar-refractivity contribution in [1.29, 1.82) is 0 Å². The van der Waals surface area contributed by atoms with Gasteiger partial charge in [-0.1, -0.05) is 20.3 Å². The van der Waals surface area contributed by atoms with Crippen LogP contribution in [0.4, 0.5) is 0 Å². The zero-order valence-electron chi connectivity index (χ0n) is 8.60. The summed E-state index contributed by atoms with van der Waals surface area (Å²) in [5, 5.41) is 3.42. The summed E-state index contributed by atoms with van der Waals surface area (Å²) in [6.45, 7) is 7.59. The Morgan fingerprint density at radius 1 is 1.25 bits per heavy atom. The van der Waals surface area contributed by atoms with Gasteiger partial charge in [-0.25, -0.2) is 0 Å². The number of nitrogens with two attached hydrogens (primary N) is 1. The van der Waals surface area contributed by atoms with Crippen LogP contribution in [0.3, 0.4) is 0 Å². The Hall–Kier alpha value is -0.0800. The van der Waals surface area contributed by atoms with E-state index in [1.54, 1.807) is 0 Å². The van der Waals surface area contributed by atoms with Gasteiger partial charge in [-0.3, -0.25) is 0 Å². The molecule has 0 aromatic carbocycles. The molecule has 0 fully saturated rings. The second-order valence-electron chi connectivity index (χ2n) is 3.59. The summed E-state index contributed by atoms with van der Waals surface area (Å²) in [6, 6.07) is 0. The number of rotatable bonds is 8. The van der Waals surface area contributed by atoms with Gasteiger partial charge in [-0.05, 0) is 44.8 Å². The minimum absolute atomic E-state index is 0.693. The first kappa shape index (κ1) is 11.9. The molecule has 0 aliphatic carbocycles. The van der Waals surface area contributed by atoms with Crippen molar-refractivity contribution in [3.63, 3.8) is 0 Å². The zero-order valence-corrected chi connectivity index (χ0v) is 8.60. The molecule has 0 radical (unpaired) electrons. The molecule has 0 aromatic heterocycles. The van der Waals surface area contributed by atoms with Gasteiger partial charge in [0, 0.05) is 0 Å². The average Bonchev–Trinajstić information content (AvgIpc) is 2.10. The molecule has 0 bridgehead atoms. The molecule has 74 valence electrons. The summed E-state index contributed by atoms with van der Waals surface area (Å²) < 4.78 is 0. The highest BCUT2D eigenvalue weighted by atomic mass is 14.8. The standard InChI is InChI=1S/C10H24N2/c1-3-4-7-12-8-5-6-10(2)9-11/h10,12H,3-9,11H2,1-2H3. The van der Waals surface area contributed by atoms with E-state index in [1.807, 2.05) is 0 Å². The van der Waals surface area contributed by atoms with Crippen LogP contribution in [0, 0.1) is 5.92 Å². The molecule has 0 heterocycles. The molecule has 0 saturated carbocycles. The second kappa shape index (κ2) is 9.01. The first-order valence-electron chi connectivity index (χ1n) is 5.22. The van der Waals surface area contributed by atoms with Crippen LogP contribution in [0.1, 0.15) is 39.5 Å². The van der Waals surface area contributed by atoms with E-state index < -0.39 is 0 Å². The van der Waals surface area contributed by atoms with E-state index in [4.69, 9.17) is 5.73 Å². The van der Waals surface area contributed by atoms with Crippen LogP contribution in [0.5, 0.6) is 0 Å². The SMILES string of the molecule is CCCCNCCCC(C)CN. The smallest absolute Gasteiger partial charge is 0.00488 e. The third-order valence-corrected chi connectivity index (χ3v) is 2.16. The third-order valence-electron chi connectivity index (χ3n) is 2.16. The van der Waals surface area contributed by atoms with Crippen molar-refractivity contribution in [3.8, 4) is 0 Å². The quantitative estimate of drug-likeness (QED) is 0.547. The van der Waals surface area contributed by atoms with Crippen molar-refractivity contribution >= 4 is 0 Å². The Morgan fingerprint density at radius 2 is 1.92 bits per heavy atom. The van der Waals surface area contributed by atoms with Crippen molar-refractivity contribution in [2.45, 2.75) is 39.5 Å². The zero-order chi connectivity index (χ0) is 9.23. The molecular formula is C10H24N2. The van der Waals surface area contributed by atoms with Crippen LogP contribution < -0.4 is 11.1 Å². The number of nitrogens with one attached hydrogen (secondary N) is 1. The van der Waals surface area contributed by atoms with Crippen LogP contribution in [0.2, 0.25) is 0 Å². The molecule has 2 heteroatoms. The number of unbranched alkanes of at least 4 members (excludes halogenated alkanes) is 1. The van der Waals surface area contributed by atoms with E-state index >= 15 is 0 Å². The predicted octanol–water partition coefficient (Wildman–Crippen LogP) is 1.75. The summed E-state index contributed by atoms with van der Waals surface area (Å²) in [4.78, 5) is 0. The lowest BCUT2D eigenvalue weighted by Crippen LogP contribution is -2.18. The fraction of sp³-hybridized carbons (Fsp3) is 1.00. The minimum atomic E-state index is 0.693. The molecule has 0 rings (SSSR count). The van der Waals surface area contributed by atoms with Crippen LogP contribution >= 0.6 is 0 Å². The summed E-state index contributed by atoms with van der Waals surface area (Å²) in [6.07, 6.45) is 5.11. The Balaban J connectivity index is 2.90. The number of hydrogen-bond acceptors (Lipinski definition) is 2. The molecule has 3 N–H and O–H groups in total. The lowest BCUT2D eigenvalue weighted by atomic mass is 10.1. The summed E-state index contributed by atoms with van der Waals surface area (Å²) >= 11 is 0. The Kier molecular flexibility index (Phi) is 8.95. The molecule has 0 aromatic rings. The average molecular weight is 172 g/mol. The van der Waals surface area contributed by atoms with E-state index in [1.165, 1.54) is 32.2 Å². The highest BCUT2D eigenvalue weighted by Gasteiger charge is 1.97. The monoisotopic (exact) mass is 172 g/mol. The lowest BCUT2D eigenvalue weighted by molar-refractivity contribution is 0.499. The topological polar surface area (TPSA) is 38.0 Å². The summed E-state index contributed by atoms with van der Waals surface area (Å²) in [5.74, 6) is 0.693. The fourth-order valence-corrected chi connectivity index (χ4v) is 1.12. The van der Waals surface area contributed by atoms with Gasteiger partial charge in [0.05, 0.1) is 0 Å². The third kappa shape index (κ3) is 8.02. The van der Waals surface area contributed by atoms with E-state index in [0.717, 1.165) is 13.1 Å². The number of hydrogen-bond donors (Lipinski definition) is 2. The second-order valence-corrected chi connectivity index (χ2v) is 3.59. The van der Waals surface area contributed by atoms with Crippen LogP contribution in [0.25, 0.3) is 0 Å². The predicted molar refractivity (Wildman–Crippen MR) is 55.2 cm³/mol. The van der Waals surface area contributed by atoms with Gasteiger partial charge >= 0.3 is 0 Å². The Bertz CT molecular complexity index is 83.9. The van der Waals surface area contributed by atoms with Gasteiger partial charge in [0.2, 0.25) is 0 Å². The molecule has 0 amide bonds. The van der Waals surface area contributed by atoms with Gasteiger partial charge in [0.25, 0.3) is 0 Å². The van der Waals surface area contributed by atoms with Gasteiger partial charge in [-0.2, -0.15) is 0 Å². The minimum Gasteiger partial charge on any atom is -0.330 e. The molecule has 1 atom stereocenters. The lowest BCUT2D eigenvalue weighted by Gasteiger charge is -2.08. The maximum Gasteiger partial charge on any atom is -0.00488 e. The molecule has 0 saturated heterocycles. The van der Waals surface area contributed by atoms with Crippen LogP contribution in [0.15, 0.2) is 0 Å². The highest BCUT2D eigenvalue weighted by Crippen LogP contribution is 2.01. The summed E-state index contributed by atoms with van der Waals surface area (Å²) in [7, 11) is 0. The first-order chi connectivity index (χ1) is 5.81. The normalized spacial score (nSPS) is 13.2. The van der Waals surface area contributed by atoms with E-state index in [9.17, 15) is 0 Å². The van der Waals surface area contributed by atoms with Crippen molar-refractivity contribution in [1.82, 2.24) is 5.32 Å². The first-order valence-corrected chi connectivity index (χ1v) is 5.22. The largest absolute Gasteiger partial charge is 0.330 e. The van der Waals surface area contributed by atoms with E-state index in [0.29, 0.717) is 5.92 Å². The highest BCUT2D eigenvalue weighted by molar-refractivity contribution is 4.55. The van der Waals surface area contributed by atoms with Crippen molar-refractivity contribution in [2.24, 2.45) is 11.7 Å². The van der Waals surface area contributed by atoms with Crippen LogP contribution in [-0.2, 0) is 0 Å². The molecule has 0 aliphatic heterocycles. The molecule has 0 aliphatic rings. The Morgan fingerprint density at radius 3 is 2.50 bits per heavy atom. The molecular weight excluding hydrogens is 148 g/mol.